The van der Waals surface area contributed by atoms with Gasteiger partial charge >= 0.3 is 0 Å². The summed E-state index contributed by atoms with van der Waals surface area (Å²) in [6.07, 6.45) is -4.79. The van der Waals surface area contributed by atoms with Crippen LogP contribution in [0.1, 0.15) is 27.0 Å². The van der Waals surface area contributed by atoms with E-state index in [9.17, 15) is 34.5 Å². The van der Waals surface area contributed by atoms with Crippen LogP contribution in [0.3, 0.4) is 0 Å². The number of nitrogens with two attached hydrogens (primary N) is 1. The van der Waals surface area contributed by atoms with Crippen LogP contribution in [-0.2, 0) is 19.1 Å². The highest BCUT2D eigenvalue weighted by molar-refractivity contribution is 8.13. The highest BCUT2D eigenvalue weighted by atomic mass is 32.2. The number of amides is 1. The Balaban J connectivity index is 2.62. The van der Waals surface area contributed by atoms with Gasteiger partial charge in [-0.05, 0) is 32.5 Å². The lowest BCUT2D eigenvalue weighted by molar-refractivity contribution is -0.185. The van der Waals surface area contributed by atoms with Gasteiger partial charge in [-0.2, -0.15) is 9.90 Å². The number of hydrogen-bond acceptors (Lipinski definition) is 11. The zero-order valence-electron chi connectivity index (χ0n) is 14.5. The van der Waals surface area contributed by atoms with E-state index in [1.807, 2.05) is 0 Å². The predicted octanol–water partition coefficient (Wildman–Crippen LogP) is -2.06. The number of aliphatic hydroxyl groups excluding tert-OH is 1. The number of rotatable bonds is 6. The van der Waals surface area contributed by atoms with Crippen molar-refractivity contribution in [3.05, 3.63) is 6.20 Å². The second-order valence-electron chi connectivity index (χ2n) is 6.03. The molecule has 1 saturated heterocycles. The van der Waals surface area contributed by atoms with E-state index in [1.54, 1.807) is 0 Å². The molecule has 2 rings (SSSR count). The topological polar surface area (TPSA) is 195 Å². The monoisotopic (exact) mass is 402 g/mol. The molecule has 1 aromatic heterocycles. The van der Waals surface area contributed by atoms with Crippen molar-refractivity contribution in [1.82, 2.24) is 15.0 Å². The number of Topliss-reactive ketones (excluding diaryl/α,β-unsaturated/α-hetero) is 3. The number of aliphatic hydroxyl groups is 3. The van der Waals surface area contributed by atoms with Gasteiger partial charge in [0.25, 0.3) is 5.24 Å². The zero-order chi connectivity index (χ0) is 20.7. The van der Waals surface area contributed by atoms with Gasteiger partial charge in [-0.3, -0.25) is 19.2 Å². The fourth-order valence-corrected chi connectivity index (χ4v) is 3.34. The maximum absolute atomic E-state index is 12.2. The summed E-state index contributed by atoms with van der Waals surface area (Å²) in [6.45, 7) is 2.72. The average Bonchev–Trinajstić information content (AvgIpc) is 3.09. The number of carbonyl (C=O) groups excluding carboxylic acids is 4. The molecule has 1 aliphatic heterocycles. The van der Waals surface area contributed by atoms with Crippen molar-refractivity contribution < 1.29 is 39.2 Å². The first-order valence-corrected chi connectivity index (χ1v) is 8.38. The van der Waals surface area contributed by atoms with Crippen LogP contribution in [-0.4, -0.2) is 76.3 Å². The molecular formula is C14H18N4O8S. The smallest absolute Gasteiger partial charge is 0.282 e. The van der Waals surface area contributed by atoms with Gasteiger partial charge in [-0.25, -0.2) is 0 Å². The molecular weight excluding hydrogens is 384 g/mol. The lowest BCUT2D eigenvalue weighted by atomic mass is 9.73. The Labute approximate surface area is 156 Å². The highest BCUT2D eigenvalue weighted by Crippen LogP contribution is 2.47. The summed E-state index contributed by atoms with van der Waals surface area (Å²) in [5, 5.41) is 38.7. The largest absolute Gasteiger partial charge is 0.382 e. The van der Waals surface area contributed by atoms with Crippen LogP contribution in [0.5, 0.6) is 0 Å². The molecule has 0 saturated carbocycles. The SMILES string of the molecule is CC(=O)C(O)[C@H]1O[C@@H](n2ncc(SC(N)=O)n2)[C@@](O)(C(C)=O)[C@@]1(O)C(C)=O. The second kappa shape index (κ2) is 7.09. The number of carbonyl (C=O) groups is 4. The van der Waals surface area contributed by atoms with E-state index in [-0.39, 0.29) is 5.03 Å². The summed E-state index contributed by atoms with van der Waals surface area (Å²) >= 11 is 0.494. The average molecular weight is 402 g/mol. The van der Waals surface area contributed by atoms with Gasteiger partial charge in [-0.1, -0.05) is 0 Å². The molecule has 1 unspecified atom stereocenters. The molecule has 13 heteroatoms. The normalized spacial score (nSPS) is 31.5. The molecule has 1 fully saturated rings. The minimum absolute atomic E-state index is 0.0149. The zero-order valence-corrected chi connectivity index (χ0v) is 15.3. The molecule has 5 atom stereocenters. The Morgan fingerprint density at radius 3 is 2.22 bits per heavy atom. The van der Waals surface area contributed by atoms with Gasteiger partial charge in [0.1, 0.15) is 17.2 Å². The number of primary amides is 1. The first-order valence-electron chi connectivity index (χ1n) is 7.57. The number of ether oxygens (including phenoxy) is 1. The maximum Gasteiger partial charge on any atom is 0.282 e. The van der Waals surface area contributed by atoms with Crippen LogP contribution < -0.4 is 5.73 Å². The third kappa shape index (κ3) is 3.17. The molecule has 5 N–H and O–H groups in total. The van der Waals surface area contributed by atoms with Crippen molar-refractivity contribution in [2.24, 2.45) is 5.73 Å². The molecule has 0 aromatic carbocycles. The van der Waals surface area contributed by atoms with Gasteiger partial charge in [-0.15, -0.1) is 5.10 Å². The predicted molar refractivity (Wildman–Crippen MR) is 87.3 cm³/mol. The van der Waals surface area contributed by atoms with E-state index in [1.165, 1.54) is 0 Å². The van der Waals surface area contributed by atoms with Crippen LogP contribution in [0.4, 0.5) is 4.79 Å². The van der Waals surface area contributed by atoms with Gasteiger partial charge in [0.15, 0.2) is 23.0 Å². The quantitative estimate of drug-likeness (QED) is 0.382. The highest BCUT2D eigenvalue weighted by Gasteiger charge is 2.74. The van der Waals surface area contributed by atoms with E-state index in [4.69, 9.17) is 10.5 Å². The molecule has 0 bridgehead atoms. The van der Waals surface area contributed by atoms with E-state index in [2.05, 4.69) is 10.2 Å². The minimum atomic E-state index is -2.96. The van der Waals surface area contributed by atoms with Gasteiger partial charge in [0, 0.05) is 0 Å². The first-order chi connectivity index (χ1) is 12.4. The molecule has 1 amide bonds. The number of aromatic nitrogens is 3. The number of ketones is 3. The van der Waals surface area contributed by atoms with Crippen molar-refractivity contribution in [1.29, 1.82) is 0 Å². The third-order valence-electron chi connectivity index (χ3n) is 4.30. The van der Waals surface area contributed by atoms with Crippen molar-refractivity contribution in [2.75, 3.05) is 0 Å². The summed E-state index contributed by atoms with van der Waals surface area (Å²) in [5.74, 6) is -3.08. The Morgan fingerprint density at radius 2 is 1.78 bits per heavy atom. The van der Waals surface area contributed by atoms with E-state index in [0.717, 1.165) is 27.0 Å². The third-order valence-corrected chi connectivity index (χ3v) is 4.90. The molecule has 12 nitrogen and oxygen atoms in total. The summed E-state index contributed by atoms with van der Waals surface area (Å²) in [5.41, 5.74) is -0.858. The van der Waals surface area contributed by atoms with Crippen LogP contribution >= 0.6 is 11.8 Å². The number of nitrogens with zero attached hydrogens (tertiary/aromatic N) is 3. The summed E-state index contributed by atoms with van der Waals surface area (Å²) in [7, 11) is 0. The molecule has 148 valence electrons. The summed E-state index contributed by atoms with van der Waals surface area (Å²) < 4.78 is 5.34. The Morgan fingerprint density at radius 1 is 1.22 bits per heavy atom. The summed E-state index contributed by atoms with van der Waals surface area (Å²) in [4.78, 5) is 47.6. The first kappa shape index (κ1) is 21.1. The van der Waals surface area contributed by atoms with Gasteiger partial charge in [0.2, 0.25) is 11.8 Å². The van der Waals surface area contributed by atoms with E-state index >= 15 is 0 Å². The van der Waals surface area contributed by atoms with Crippen LogP contribution in [0.25, 0.3) is 0 Å². The molecule has 27 heavy (non-hydrogen) atoms. The van der Waals surface area contributed by atoms with E-state index in [0.29, 0.717) is 16.6 Å². The Hall–Kier alpha value is -2.19. The van der Waals surface area contributed by atoms with Gasteiger partial charge in [0.05, 0.1) is 6.20 Å². The fraction of sp³-hybridized carbons (Fsp3) is 0.571. The van der Waals surface area contributed by atoms with Crippen molar-refractivity contribution in [3.63, 3.8) is 0 Å². The van der Waals surface area contributed by atoms with Crippen molar-refractivity contribution in [3.8, 4) is 0 Å². The fourth-order valence-electron chi connectivity index (χ4n) is 2.91. The second-order valence-corrected chi connectivity index (χ2v) is 7.06. The lowest BCUT2D eigenvalue weighted by Gasteiger charge is -2.37. The van der Waals surface area contributed by atoms with Crippen molar-refractivity contribution >= 4 is 34.4 Å². The van der Waals surface area contributed by atoms with Gasteiger partial charge < -0.3 is 25.8 Å². The Kier molecular flexibility index (Phi) is 5.54. The number of thioether (sulfide) groups is 1. The lowest BCUT2D eigenvalue weighted by Crippen LogP contribution is -2.67. The van der Waals surface area contributed by atoms with E-state index < -0.39 is 52.2 Å². The maximum atomic E-state index is 12.2. The van der Waals surface area contributed by atoms with Crippen LogP contribution in [0, 0.1) is 0 Å². The molecule has 0 spiro atoms. The number of hydrogen-bond donors (Lipinski definition) is 4. The molecule has 1 aliphatic rings. The Bertz CT molecular complexity index is 813. The van der Waals surface area contributed by atoms with Crippen LogP contribution in [0.2, 0.25) is 0 Å². The van der Waals surface area contributed by atoms with Crippen LogP contribution in [0.15, 0.2) is 11.2 Å². The molecule has 2 heterocycles. The molecule has 0 radical (unpaired) electrons. The standard InChI is InChI=1S/C14H18N4O8S/c1-5(19)9(22)10-13(24,6(2)20)14(25,7(3)21)11(26-10)18-16-4-8(17-18)27-12(15)23/h4,9-11,22,24-25H,1-3H3,(H2,15,23)/t9?,10-,11-,13-,14+/m1/s1. The minimum Gasteiger partial charge on any atom is -0.382 e. The molecule has 1 aromatic rings. The van der Waals surface area contributed by atoms with Crippen molar-refractivity contribution in [2.45, 2.75) is 55.4 Å². The molecule has 0 aliphatic carbocycles. The summed E-state index contributed by atoms with van der Waals surface area (Å²) in [6, 6.07) is 0.